The van der Waals surface area contributed by atoms with Gasteiger partial charge in [-0.25, -0.2) is 0 Å². The molecule has 1 unspecified atom stereocenters. The zero-order valence-electron chi connectivity index (χ0n) is 17.3. The molecule has 3 rings (SSSR count). The number of carbonyl (C=O) groups is 1. The lowest BCUT2D eigenvalue weighted by Crippen LogP contribution is -2.61. The number of piperidine rings is 2. The number of carbonyl (C=O) groups excluding carboxylic acids is 1. The highest BCUT2D eigenvalue weighted by Crippen LogP contribution is 2.39. The van der Waals surface area contributed by atoms with Crippen molar-refractivity contribution in [2.75, 3.05) is 13.1 Å². The van der Waals surface area contributed by atoms with E-state index in [4.69, 9.17) is 4.84 Å². The van der Waals surface area contributed by atoms with Crippen molar-refractivity contribution in [2.24, 2.45) is 0 Å². The highest BCUT2D eigenvalue weighted by molar-refractivity contribution is 5.81. The van der Waals surface area contributed by atoms with E-state index in [2.05, 4.69) is 57.0 Å². The average molecular weight is 371 g/mol. The van der Waals surface area contributed by atoms with E-state index in [9.17, 15) is 4.79 Å². The maximum absolute atomic E-state index is 13.0. The predicted molar refractivity (Wildman–Crippen MR) is 110 cm³/mol. The molecule has 1 aromatic rings. The van der Waals surface area contributed by atoms with Crippen LogP contribution in [-0.4, -0.2) is 46.1 Å². The molecular weight excluding hydrogens is 336 g/mol. The Hall–Kier alpha value is -1.65. The Morgan fingerprint density at radius 3 is 2.41 bits per heavy atom. The molecule has 0 radical (unpaired) electrons. The molecule has 0 aliphatic carbocycles. The Balaban J connectivity index is 1.63. The van der Waals surface area contributed by atoms with Crippen molar-refractivity contribution in [3.05, 3.63) is 42.0 Å². The Morgan fingerprint density at radius 2 is 1.74 bits per heavy atom. The first kappa shape index (κ1) is 20.1. The summed E-state index contributed by atoms with van der Waals surface area (Å²) in [7, 11) is 0. The van der Waals surface area contributed by atoms with Gasteiger partial charge in [0, 0.05) is 24.2 Å². The Morgan fingerprint density at radius 1 is 1.07 bits per heavy atom. The van der Waals surface area contributed by atoms with Crippen molar-refractivity contribution in [3.63, 3.8) is 0 Å². The molecule has 1 atom stereocenters. The second-order valence-corrected chi connectivity index (χ2v) is 9.11. The Bertz CT molecular complexity index is 650. The van der Waals surface area contributed by atoms with Crippen LogP contribution in [0.4, 0.5) is 0 Å². The lowest BCUT2D eigenvalue weighted by Gasteiger charge is -2.52. The fraction of sp³-hybridized carbons (Fsp3) is 0.609. The monoisotopic (exact) mass is 370 g/mol. The quantitative estimate of drug-likeness (QED) is 0.755. The van der Waals surface area contributed by atoms with E-state index in [0.29, 0.717) is 6.54 Å². The molecular formula is C23H34N2O2. The molecule has 2 fully saturated rings. The number of hydroxylamine groups is 2. The van der Waals surface area contributed by atoms with Gasteiger partial charge < -0.3 is 4.90 Å². The first-order valence-corrected chi connectivity index (χ1v) is 10.3. The molecule has 4 heteroatoms. The number of amides is 1. The SMILES string of the molecule is CC1(C)CCCC(C)(C)N1OC1CCCN(C/C=C/c2ccccc2)C1=O. The third-order valence-electron chi connectivity index (χ3n) is 5.83. The van der Waals surface area contributed by atoms with Crippen LogP contribution in [0.5, 0.6) is 0 Å². The van der Waals surface area contributed by atoms with E-state index in [1.807, 2.05) is 23.1 Å². The average Bonchev–Trinajstić information content (AvgIpc) is 2.61. The predicted octanol–water partition coefficient (Wildman–Crippen LogP) is 4.67. The van der Waals surface area contributed by atoms with Gasteiger partial charge in [0.15, 0.2) is 6.10 Å². The smallest absolute Gasteiger partial charge is 0.254 e. The molecule has 0 spiro atoms. The summed E-state index contributed by atoms with van der Waals surface area (Å²) in [5.74, 6) is 0.121. The zero-order chi connectivity index (χ0) is 19.5. The van der Waals surface area contributed by atoms with Gasteiger partial charge in [-0.3, -0.25) is 9.63 Å². The molecule has 1 amide bonds. The molecule has 0 aromatic heterocycles. The molecule has 2 aliphatic heterocycles. The van der Waals surface area contributed by atoms with Crippen molar-refractivity contribution < 1.29 is 9.63 Å². The van der Waals surface area contributed by atoms with Gasteiger partial charge in [-0.2, -0.15) is 5.06 Å². The molecule has 0 bridgehead atoms. The van der Waals surface area contributed by atoms with Crippen LogP contribution in [0.15, 0.2) is 36.4 Å². The van der Waals surface area contributed by atoms with E-state index >= 15 is 0 Å². The third kappa shape index (κ3) is 4.80. The summed E-state index contributed by atoms with van der Waals surface area (Å²) in [6.07, 6.45) is 8.99. The third-order valence-corrected chi connectivity index (χ3v) is 5.83. The number of nitrogens with zero attached hydrogens (tertiary/aromatic N) is 2. The summed E-state index contributed by atoms with van der Waals surface area (Å²) in [5.41, 5.74) is 1.07. The minimum absolute atomic E-state index is 0.0441. The van der Waals surface area contributed by atoms with Gasteiger partial charge >= 0.3 is 0 Å². The summed E-state index contributed by atoms with van der Waals surface area (Å²) in [4.78, 5) is 21.3. The van der Waals surface area contributed by atoms with Crippen LogP contribution in [0.25, 0.3) is 6.08 Å². The fourth-order valence-corrected chi connectivity index (χ4v) is 4.45. The topological polar surface area (TPSA) is 32.8 Å². The standard InChI is InChI=1S/C23H34N2O2/c1-22(2)15-10-16-23(3,4)25(22)27-20-14-9-18-24(21(20)26)17-8-13-19-11-6-5-7-12-19/h5-8,11-13,20H,9-10,14-18H2,1-4H3/b13-8+. The molecule has 4 nitrogen and oxygen atoms in total. The first-order valence-electron chi connectivity index (χ1n) is 10.3. The maximum atomic E-state index is 13.0. The van der Waals surface area contributed by atoms with Crippen molar-refractivity contribution in [3.8, 4) is 0 Å². The van der Waals surface area contributed by atoms with Crippen LogP contribution in [0.1, 0.15) is 65.4 Å². The van der Waals surface area contributed by atoms with Crippen molar-refractivity contribution in [2.45, 2.75) is 77.0 Å². The van der Waals surface area contributed by atoms with Crippen LogP contribution in [0.3, 0.4) is 0 Å². The minimum Gasteiger partial charge on any atom is -0.337 e. The van der Waals surface area contributed by atoms with Gasteiger partial charge in [0.2, 0.25) is 0 Å². The molecule has 27 heavy (non-hydrogen) atoms. The molecule has 148 valence electrons. The normalized spacial score (nSPS) is 25.9. The summed E-state index contributed by atoms with van der Waals surface area (Å²) in [6, 6.07) is 10.2. The van der Waals surface area contributed by atoms with Gasteiger partial charge in [0.05, 0.1) is 0 Å². The van der Waals surface area contributed by atoms with Crippen LogP contribution in [0.2, 0.25) is 0 Å². The summed E-state index contributed by atoms with van der Waals surface area (Å²) in [6.45, 7) is 10.3. The van der Waals surface area contributed by atoms with Crippen LogP contribution in [0, 0.1) is 0 Å². The molecule has 1 aromatic carbocycles. The van der Waals surface area contributed by atoms with Crippen LogP contribution in [-0.2, 0) is 9.63 Å². The Labute approximate surface area is 164 Å². The van der Waals surface area contributed by atoms with Gasteiger partial charge in [0.25, 0.3) is 5.91 Å². The van der Waals surface area contributed by atoms with Crippen molar-refractivity contribution in [1.29, 1.82) is 0 Å². The molecule has 0 saturated carbocycles. The van der Waals surface area contributed by atoms with Gasteiger partial charge in [0.1, 0.15) is 0 Å². The first-order chi connectivity index (χ1) is 12.8. The summed E-state index contributed by atoms with van der Waals surface area (Å²) < 4.78 is 0. The lowest BCUT2D eigenvalue weighted by atomic mass is 9.82. The number of rotatable bonds is 5. The minimum atomic E-state index is -0.361. The number of hydrogen-bond acceptors (Lipinski definition) is 3. The van der Waals surface area contributed by atoms with Crippen molar-refractivity contribution >= 4 is 12.0 Å². The molecule has 2 aliphatic rings. The van der Waals surface area contributed by atoms with E-state index < -0.39 is 0 Å². The number of hydrogen-bond donors (Lipinski definition) is 0. The number of benzene rings is 1. The largest absolute Gasteiger partial charge is 0.337 e. The van der Waals surface area contributed by atoms with E-state index in [1.165, 1.54) is 6.42 Å². The second-order valence-electron chi connectivity index (χ2n) is 9.11. The van der Waals surface area contributed by atoms with Crippen LogP contribution < -0.4 is 0 Å². The molecule has 2 heterocycles. The van der Waals surface area contributed by atoms with Gasteiger partial charge in [-0.1, -0.05) is 42.5 Å². The highest BCUT2D eigenvalue weighted by Gasteiger charge is 2.45. The fourth-order valence-electron chi connectivity index (χ4n) is 4.45. The lowest BCUT2D eigenvalue weighted by molar-refractivity contribution is -0.303. The van der Waals surface area contributed by atoms with Crippen molar-refractivity contribution in [1.82, 2.24) is 9.96 Å². The van der Waals surface area contributed by atoms with E-state index in [-0.39, 0.29) is 23.1 Å². The van der Waals surface area contributed by atoms with Gasteiger partial charge in [-0.05, 0) is 65.4 Å². The summed E-state index contributed by atoms with van der Waals surface area (Å²) in [5, 5.41) is 2.12. The van der Waals surface area contributed by atoms with Gasteiger partial charge in [-0.15, -0.1) is 0 Å². The maximum Gasteiger partial charge on any atom is 0.254 e. The Kier molecular flexibility index (Phi) is 6.07. The number of likely N-dealkylation sites (tertiary alicyclic amines) is 1. The van der Waals surface area contributed by atoms with Crippen LogP contribution >= 0.6 is 0 Å². The highest BCUT2D eigenvalue weighted by atomic mass is 16.7. The molecule has 2 saturated heterocycles. The zero-order valence-corrected chi connectivity index (χ0v) is 17.3. The second kappa shape index (κ2) is 8.15. The molecule has 0 N–H and O–H groups in total. The summed E-state index contributed by atoms with van der Waals surface area (Å²) >= 11 is 0. The van der Waals surface area contributed by atoms with E-state index in [0.717, 1.165) is 37.8 Å². The van der Waals surface area contributed by atoms with E-state index in [1.54, 1.807) is 0 Å².